The van der Waals surface area contributed by atoms with Crippen LogP contribution in [0.3, 0.4) is 0 Å². The van der Waals surface area contributed by atoms with Crippen LogP contribution in [0, 0.1) is 11.3 Å². The molecular formula is C19H38N4O. The summed E-state index contributed by atoms with van der Waals surface area (Å²) in [5.74, 6) is 1.69. The molecule has 1 aliphatic carbocycles. The van der Waals surface area contributed by atoms with E-state index in [1.54, 1.807) is 0 Å². The summed E-state index contributed by atoms with van der Waals surface area (Å²) < 4.78 is 5.72. The van der Waals surface area contributed by atoms with E-state index in [-0.39, 0.29) is 11.0 Å². The lowest BCUT2D eigenvalue weighted by Crippen LogP contribution is -2.69. The van der Waals surface area contributed by atoms with Crippen molar-refractivity contribution in [2.24, 2.45) is 16.3 Å². The van der Waals surface area contributed by atoms with Gasteiger partial charge in [0.05, 0.1) is 5.60 Å². The average Bonchev–Trinajstić information content (AvgIpc) is 2.54. The number of piperidine rings is 1. The van der Waals surface area contributed by atoms with Gasteiger partial charge in [-0.3, -0.25) is 4.99 Å². The van der Waals surface area contributed by atoms with E-state index in [0.29, 0.717) is 12.1 Å². The molecule has 0 radical (unpaired) electrons. The topological polar surface area (TPSA) is 48.9 Å². The van der Waals surface area contributed by atoms with Crippen molar-refractivity contribution in [3.63, 3.8) is 0 Å². The van der Waals surface area contributed by atoms with Crippen LogP contribution >= 0.6 is 0 Å². The summed E-state index contributed by atoms with van der Waals surface area (Å²) in [7, 11) is 3.68. The zero-order valence-electron chi connectivity index (χ0n) is 16.8. The van der Waals surface area contributed by atoms with Gasteiger partial charge < -0.3 is 20.3 Å². The monoisotopic (exact) mass is 338 g/mol. The molecule has 1 saturated carbocycles. The highest BCUT2D eigenvalue weighted by molar-refractivity contribution is 5.80. The number of nitrogens with zero attached hydrogens (tertiary/aromatic N) is 2. The third kappa shape index (κ3) is 4.05. The van der Waals surface area contributed by atoms with Gasteiger partial charge in [-0.1, -0.05) is 27.7 Å². The van der Waals surface area contributed by atoms with Crippen LogP contribution in [-0.2, 0) is 4.74 Å². The smallest absolute Gasteiger partial charge is 0.191 e. The number of nitrogens with one attached hydrogen (secondary N) is 2. The lowest BCUT2D eigenvalue weighted by Gasteiger charge is -2.59. The lowest BCUT2D eigenvalue weighted by atomic mass is 9.56. The molecule has 2 aliphatic rings. The molecule has 2 atom stereocenters. The van der Waals surface area contributed by atoms with Crippen molar-refractivity contribution >= 4 is 5.96 Å². The first kappa shape index (κ1) is 19.5. The van der Waals surface area contributed by atoms with Crippen molar-refractivity contribution in [2.45, 2.75) is 71.6 Å². The quantitative estimate of drug-likeness (QED) is 0.597. The fourth-order valence-electron chi connectivity index (χ4n) is 4.03. The van der Waals surface area contributed by atoms with Gasteiger partial charge in [-0.25, -0.2) is 0 Å². The average molecular weight is 339 g/mol. The SMILES string of the molecule is CN=C(NC1CCN(CC(C)C)CC1)NC1CC(C)(OC)C1(C)C. The van der Waals surface area contributed by atoms with Crippen LogP contribution in [0.15, 0.2) is 4.99 Å². The minimum Gasteiger partial charge on any atom is -0.378 e. The molecule has 0 spiro atoms. The standard InChI is InChI=1S/C19H38N4O/c1-14(2)13-23-10-8-15(9-11-23)21-17(20-6)22-16-12-19(5,24-7)18(16,3)4/h14-16H,8-13H2,1-7H3,(H2,20,21,22). The van der Waals surface area contributed by atoms with Crippen LogP contribution in [-0.4, -0.2) is 62.3 Å². The molecular weight excluding hydrogens is 300 g/mol. The zero-order chi connectivity index (χ0) is 18.0. The summed E-state index contributed by atoms with van der Waals surface area (Å²) in [6.45, 7) is 14.9. The predicted molar refractivity (Wildman–Crippen MR) is 102 cm³/mol. The van der Waals surface area contributed by atoms with E-state index in [4.69, 9.17) is 4.74 Å². The van der Waals surface area contributed by atoms with Crippen LogP contribution < -0.4 is 10.6 Å². The summed E-state index contributed by atoms with van der Waals surface area (Å²) in [6.07, 6.45) is 3.40. The van der Waals surface area contributed by atoms with Crippen molar-refractivity contribution in [3.05, 3.63) is 0 Å². The Kier molecular flexibility index (Phi) is 6.19. The molecule has 0 amide bonds. The van der Waals surface area contributed by atoms with E-state index >= 15 is 0 Å². The van der Waals surface area contributed by atoms with Crippen molar-refractivity contribution < 1.29 is 4.74 Å². The molecule has 140 valence electrons. The molecule has 24 heavy (non-hydrogen) atoms. The second kappa shape index (κ2) is 7.61. The van der Waals surface area contributed by atoms with E-state index in [2.05, 4.69) is 55.1 Å². The number of hydrogen-bond acceptors (Lipinski definition) is 3. The minimum atomic E-state index is -0.0499. The van der Waals surface area contributed by atoms with Gasteiger partial charge in [-0.15, -0.1) is 0 Å². The van der Waals surface area contributed by atoms with Crippen LogP contribution in [0.25, 0.3) is 0 Å². The Hall–Kier alpha value is -0.810. The van der Waals surface area contributed by atoms with Crippen molar-refractivity contribution in [3.8, 4) is 0 Å². The van der Waals surface area contributed by atoms with Crippen molar-refractivity contribution in [1.82, 2.24) is 15.5 Å². The van der Waals surface area contributed by atoms with Gasteiger partial charge in [0, 0.05) is 51.3 Å². The highest BCUT2D eigenvalue weighted by Crippen LogP contribution is 2.51. The largest absolute Gasteiger partial charge is 0.378 e. The molecule has 0 aromatic rings. The second-order valence-corrected chi connectivity index (χ2v) is 8.74. The number of rotatable bonds is 5. The van der Waals surface area contributed by atoms with Gasteiger partial charge in [-0.05, 0) is 32.1 Å². The fourth-order valence-corrected chi connectivity index (χ4v) is 4.03. The Morgan fingerprint density at radius 2 is 1.83 bits per heavy atom. The zero-order valence-corrected chi connectivity index (χ0v) is 16.8. The highest BCUT2D eigenvalue weighted by atomic mass is 16.5. The minimum absolute atomic E-state index is 0.0499. The van der Waals surface area contributed by atoms with Gasteiger partial charge in [0.25, 0.3) is 0 Å². The Labute approximate surface area is 148 Å². The van der Waals surface area contributed by atoms with E-state index in [1.807, 2.05) is 14.2 Å². The maximum atomic E-state index is 5.72. The third-order valence-corrected chi connectivity index (χ3v) is 6.36. The molecule has 1 heterocycles. The Balaban J connectivity index is 1.80. The van der Waals surface area contributed by atoms with Gasteiger partial charge in [0.15, 0.2) is 5.96 Å². The molecule has 2 N–H and O–H groups in total. The first-order valence-corrected chi connectivity index (χ1v) is 9.49. The maximum absolute atomic E-state index is 5.72. The predicted octanol–water partition coefficient (Wildman–Crippen LogP) is 2.48. The van der Waals surface area contributed by atoms with E-state index < -0.39 is 0 Å². The van der Waals surface area contributed by atoms with E-state index in [0.717, 1.165) is 18.3 Å². The lowest BCUT2D eigenvalue weighted by molar-refractivity contribution is -0.176. The molecule has 0 bridgehead atoms. The molecule has 1 saturated heterocycles. The molecule has 5 heteroatoms. The summed E-state index contributed by atoms with van der Waals surface area (Å²) in [4.78, 5) is 7.03. The Morgan fingerprint density at radius 1 is 1.21 bits per heavy atom. The van der Waals surface area contributed by atoms with Gasteiger partial charge in [0.1, 0.15) is 0 Å². The summed E-state index contributed by atoms with van der Waals surface area (Å²) >= 11 is 0. The Morgan fingerprint density at radius 3 is 2.29 bits per heavy atom. The molecule has 2 rings (SSSR count). The molecule has 2 unspecified atom stereocenters. The van der Waals surface area contributed by atoms with Crippen LogP contribution in [0.1, 0.15) is 53.9 Å². The van der Waals surface area contributed by atoms with E-state index in [9.17, 15) is 0 Å². The maximum Gasteiger partial charge on any atom is 0.191 e. The fraction of sp³-hybridized carbons (Fsp3) is 0.947. The van der Waals surface area contributed by atoms with Crippen molar-refractivity contribution in [1.29, 1.82) is 0 Å². The van der Waals surface area contributed by atoms with Crippen LogP contribution in [0.5, 0.6) is 0 Å². The molecule has 0 aromatic heterocycles. The van der Waals surface area contributed by atoms with Crippen LogP contribution in [0.2, 0.25) is 0 Å². The summed E-state index contributed by atoms with van der Waals surface area (Å²) in [5.41, 5.74) is 0.0473. The number of methoxy groups -OCH3 is 1. The molecule has 5 nitrogen and oxygen atoms in total. The third-order valence-electron chi connectivity index (χ3n) is 6.36. The van der Waals surface area contributed by atoms with Crippen LogP contribution in [0.4, 0.5) is 0 Å². The molecule has 0 aromatic carbocycles. The normalized spacial score (nSPS) is 31.8. The number of ether oxygens (including phenoxy) is 1. The first-order valence-electron chi connectivity index (χ1n) is 9.49. The number of hydrogen-bond donors (Lipinski definition) is 2. The molecule has 1 aliphatic heterocycles. The second-order valence-electron chi connectivity index (χ2n) is 8.74. The first-order chi connectivity index (χ1) is 11.2. The number of aliphatic imine (C=N–C) groups is 1. The van der Waals surface area contributed by atoms with Crippen molar-refractivity contribution in [2.75, 3.05) is 33.8 Å². The van der Waals surface area contributed by atoms with Gasteiger partial charge >= 0.3 is 0 Å². The Bertz CT molecular complexity index is 441. The number of guanidine groups is 1. The highest BCUT2D eigenvalue weighted by Gasteiger charge is 2.58. The molecule has 2 fully saturated rings. The summed E-state index contributed by atoms with van der Waals surface area (Å²) in [6, 6.07) is 0.922. The number of likely N-dealkylation sites (tertiary alicyclic amines) is 1. The van der Waals surface area contributed by atoms with Gasteiger partial charge in [-0.2, -0.15) is 0 Å². The van der Waals surface area contributed by atoms with Gasteiger partial charge in [0.2, 0.25) is 0 Å². The summed E-state index contributed by atoms with van der Waals surface area (Å²) in [5, 5.41) is 7.25. The van der Waals surface area contributed by atoms with E-state index in [1.165, 1.54) is 32.5 Å².